The molecule has 238 valence electrons. The first kappa shape index (κ1) is 31.0. The van der Waals surface area contributed by atoms with E-state index in [0.717, 1.165) is 11.1 Å². The van der Waals surface area contributed by atoms with E-state index in [1.165, 1.54) is 0 Å². The van der Waals surface area contributed by atoms with Crippen molar-refractivity contribution in [2.75, 3.05) is 36.7 Å². The Kier molecular flexibility index (Phi) is 8.87. The number of hydrogen-bond donors (Lipinski definition) is 2. The quantitative estimate of drug-likeness (QED) is 0.223. The molecule has 11 heteroatoms. The van der Waals surface area contributed by atoms with Gasteiger partial charge in [0.25, 0.3) is 5.91 Å². The van der Waals surface area contributed by atoms with Gasteiger partial charge in [0.2, 0.25) is 0 Å². The molecule has 1 saturated heterocycles. The van der Waals surface area contributed by atoms with Crippen molar-refractivity contribution < 1.29 is 29.3 Å². The lowest BCUT2D eigenvalue weighted by atomic mass is 9.83. The van der Waals surface area contributed by atoms with Crippen LogP contribution in [-0.4, -0.2) is 64.1 Å². The molecule has 2 amide bonds. The predicted octanol–water partition coefficient (Wildman–Crippen LogP) is 4.38. The smallest absolute Gasteiger partial charge is 0.414 e. The van der Waals surface area contributed by atoms with Gasteiger partial charge in [-0.05, 0) is 47.9 Å². The predicted molar refractivity (Wildman–Crippen MR) is 172 cm³/mol. The maximum atomic E-state index is 14.1. The second kappa shape index (κ2) is 13.2. The maximum Gasteiger partial charge on any atom is 0.414 e. The van der Waals surface area contributed by atoms with E-state index in [0.29, 0.717) is 54.5 Å². The Hall–Kier alpha value is -5.00. The molecule has 2 aliphatic rings. The highest BCUT2D eigenvalue weighted by atomic mass is 16.6. The molecule has 0 radical (unpaired) electrons. The molecule has 1 aromatic heterocycles. The molecule has 4 aromatic rings. The van der Waals surface area contributed by atoms with Crippen molar-refractivity contribution in [2.24, 2.45) is 5.92 Å². The number of rotatable bonds is 12. The van der Waals surface area contributed by atoms with Crippen molar-refractivity contribution in [3.05, 3.63) is 114 Å². The number of anilines is 2. The number of cyclic esters (lactones) is 1. The summed E-state index contributed by atoms with van der Waals surface area (Å²) in [6, 6.07) is 22.4. The van der Waals surface area contributed by atoms with Gasteiger partial charge in [-0.3, -0.25) is 14.4 Å². The molecule has 1 fully saturated rings. The highest BCUT2D eigenvalue weighted by Gasteiger charge is 2.52. The maximum absolute atomic E-state index is 14.1. The van der Waals surface area contributed by atoms with Gasteiger partial charge < -0.3 is 24.6 Å². The van der Waals surface area contributed by atoms with Crippen LogP contribution in [0.4, 0.5) is 16.2 Å². The molecule has 3 atom stereocenters. The van der Waals surface area contributed by atoms with Crippen molar-refractivity contribution in [3.8, 4) is 5.75 Å². The Labute approximate surface area is 267 Å². The van der Waals surface area contributed by atoms with Crippen LogP contribution in [0.5, 0.6) is 5.75 Å². The van der Waals surface area contributed by atoms with Crippen LogP contribution in [0.15, 0.2) is 91.1 Å². The number of fused-ring (bicyclic) bond motifs is 1. The molecule has 2 aliphatic heterocycles. The second-order valence-corrected chi connectivity index (χ2v) is 11.5. The van der Waals surface area contributed by atoms with Gasteiger partial charge in [-0.25, -0.2) is 4.79 Å². The van der Waals surface area contributed by atoms with Gasteiger partial charge in [-0.2, -0.15) is 0 Å². The second-order valence-electron chi connectivity index (χ2n) is 11.5. The molecule has 0 saturated carbocycles. The third-order valence-electron chi connectivity index (χ3n) is 8.71. The fourth-order valence-corrected chi connectivity index (χ4v) is 6.13. The summed E-state index contributed by atoms with van der Waals surface area (Å²) in [4.78, 5) is 29.3. The van der Waals surface area contributed by atoms with E-state index in [4.69, 9.17) is 9.47 Å². The van der Waals surface area contributed by atoms with Crippen LogP contribution in [0.3, 0.4) is 0 Å². The molecule has 0 aliphatic carbocycles. The Bertz CT molecular complexity index is 1740. The summed E-state index contributed by atoms with van der Waals surface area (Å²) in [5, 5.41) is 30.6. The van der Waals surface area contributed by atoms with Crippen molar-refractivity contribution >= 4 is 23.4 Å². The minimum Gasteiger partial charge on any atom is -0.497 e. The largest absolute Gasteiger partial charge is 0.497 e. The number of aliphatic hydroxyl groups is 2. The van der Waals surface area contributed by atoms with E-state index in [-0.39, 0.29) is 19.1 Å². The zero-order valence-corrected chi connectivity index (χ0v) is 25.8. The highest BCUT2D eigenvalue weighted by Crippen LogP contribution is 2.47. The summed E-state index contributed by atoms with van der Waals surface area (Å²) in [5.74, 6) is -0.718. The Morgan fingerprint density at radius 3 is 2.65 bits per heavy atom. The number of aliphatic hydroxyl groups excluding tert-OH is 1. The Morgan fingerprint density at radius 1 is 1.09 bits per heavy atom. The van der Waals surface area contributed by atoms with Gasteiger partial charge in [-0.15, -0.1) is 5.10 Å². The monoisotopic (exact) mass is 623 g/mol. The third-order valence-corrected chi connectivity index (χ3v) is 8.71. The van der Waals surface area contributed by atoms with Crippen molar-refractivity contribution in [2.45, 2.75) is 38.0 Å². The summed E-state index contributed by atoms with van der Waals surface area (Å²) in [6.45, 7) is 3.29. The van der Waals surface area contributed by atoms with Gasteiger partial charge in [0.05, 0.1) is 44.1 Å². The van der Waals surface area contributed by atoms with Crippen LogP contribution in [0.2, 0.25) is 0 Å². The molecule has 6 rings (SSSR count). The summed E-state index contributed by atoms with van der Waals surface area (Å²) in [7, 11) is 1.55. The Balaban J connectivity index is 1.17. The number of amides is 2. The van der Waals surface area contributed by atoms with E-state index < -0.39 is 23.5 Å². The van der Waals surface area contributed by atoms with Gasteiger partial charge in [0.1, 0.15) is 12.4 Å². The first-order valence-corrected chi connectivity index (χ1v) is 15.3. The minimum atomic E-state index is -1.82. The number of ether oxygens (including phenoxy) is 2. The minimum absolute atomic E-state index is 0.0749. The SMILES string of the molecule is COc1ccc2c(c1)[C@](O)([C@@H](C)/C=C/CCn1cc(C(CO)c3ccccc3)nn1)C(=O)N2Cc1cccc(N2CCOC2=O)c1. The van der Waals surface area contributed by atoms with E-state index in [9.17, 15) is 19.8 Å². The summed E-state index contributed by atoms with van der Waals surface area (Å²) in [5.41, 5.74) is 2.42. The molecule has 3 heterocycles. The molecule has 46 heavy (non-hydrogen) atoms. The number of aryl methyl sites for hydroxylation is 1. The topological polar surface area (TPSA) is 130 Å². The summed E-state index contributed by atoms with van der Waals surface area (Å²) < 4.78 is 12.3. The van der Waals surface area contributed by atoms with E-state index >= 15 is 0 Å². The fraction of sp³-hybridized carbons (Fsp3) is 0.314. The van der Waals surface area contributed by atoms with Crippen molar-refractivity contribution in [3.63, 3.8) is 0 Å². The first-order valence-electron chi connectivity index (χ1n) is 15.3. The molecular formula is C35H37N5O6. The average molecular weight is 624 g/mol. The number of aromatic nitrogens is 3. The summed E-state index contributed by atoms with van der Waals surface area (Å²) in [6.07, 6.45) is 5.81. The lowest BCUT2D eigenvalue weighted by molar-refractivity contribution is -0.139. The standard InChI is InChI=1S/C35H37N5O6/c1-24(9-6-7-16-38-22-31(36-37-38)29(23-41)26-11-4-3-5-12-26)35(44)30-20-28(45-2)14-15-32(30)40(33(35)42)21-25-10-8-13-27(19-25)39-17-18-46-34(39)43/h3-6,8-15,19-20,22,24,29,41,44H,7,16-18,21,23H2,1-2H3/b9-6+/t24-,29?,35+/m0/s1. The van der Waals surface area contributed by atoms with Gasteiger partial charge in [0, 0.05) is 29.9 Å². The third kappa shape index (κ3) is 5.86. The molecule has 0 spiro atoms. The van der Waals surface area contributed by atoms with Crippen LogP contribution in [0, 0.1) is 5.92 Å². The molecule has 0 bridgehead atoms. The van der Waals surface area contributed by atoms with Gasteiger partial charge in [0.15, 0.2) is 5.60 Å². The van der Waals surface area contributed by atoms with E-state index in [1.807, 2.05) is 79.9 Å². The number of hydrogen-bond acceptors (Lipinski definition) is 8. The van der Waals surface area contributed by atoms with Crippen LogP contribution in [0.25, 0.3) is 0 Å². The van der Waals surface area contributed by atoms with Crippen molar-refractivity contribution in [1.82, 2.24) is 15.0 Å². The Morgan fingerprint density at radius 2 is 1.91 bits per heavy atom. The number of allylic oxidation sites excluding steroid dienone is 1. The molecule has 1 unspecified atom stereocenters. The van der Waals surface area contributed by atoms with Gasteiger partial charge >= 0.3 is 6.09 Å². The van der Waals surface area contributed by atoms with E-state index in [2.05, 4.69) is 10.3 Å². The number of benzene rings is 3. The normalized spacial score (nSPS) is 19.0. The number of nitrogens with zero attached hydrogens (tertiary/aromatic N) is 5. The number of methoxy groups -OCH3 is 1. The van der Waals surface area contributed by atoms with Crippen LogP contribution >= 0.6 is 0 Å². The molecular weight excluding hydrogens is 586 g/mol. The number of carbonyl (C=O) groups excluding carboxylic acids is 2. The zero-order valence-electron chi connectivity index (χ0n) is 25.8. The number of carbonyl (C=O) groups is 2. The highest BCUT2D eigenvalue weighted by molar-refractivity contribution is 6.07. The van der Waals surface area contributed by atoms with Crippen LogP contribution in [0.1, 0.15) is 41.6 Å². The van der Waals surface area contributed by atoms with E-state index in [1.54, 1.807) is 39.8 Å². The van der Waals surface area contributed by atoms with Crippen LogP contribution < -0.4 is 14.5 Å². The fourth-order valence-electron chi connectivity index (χ4n) is 6.13. The first-order chi connectivity index (χ1) is 22.3. The van der Waals surface area contributed by atoms with Gasteiger partial charge in [-0.1, -0.05) is 66.8 Å². The lowest BCUT2D eigenvalue weighted by Gasteiger charge is -2.28. The average Bonchev–Trinajstić information content (AvgIpc) is 3.78. The molecule has 3 aromatic carbocycles. The molecule has 2 N–H and O–H groups in total. The lowest BCUT2D eigenvalue weighted by Crippen LogP contribution is -2.44. The molecule has 11 nitrogen and oxygen atoms in total. The summed E-state index contributed by atoms with van der Waals surface area (Å²) >= 11 is 0. The van der Waals surface area contributed by atoms with Crippen molar-refractivity contribution in [1.29, 1.82) is 0 Å². The van der Waals surface area contributed by atoms with Crippen LogP contribution in [-0.2, 0) is 28.2 Å². The zero-order chi connectivity index (χ0) is 32.3.